The Bertz CT molecular complexity index is 545. The fraction of sp³-hybridized carbons (Fsp3) is 0.600. The average Bonchev–Trinajstić information content (AvgIpc) is 3.05. The molecule has 2 amide bonds. The second-order valence-electron chi connectivity index (χ2n) is 5.84. The van der Waals surface area contributed by atoms with Gasteiger partial charge in [-0.1, -0.05) is 0 Å². The molecule has 6 nitrogen and oxygen atoms in total. The van der Waals surface area contributed by atoms with Gasteiger partial charge in [0.15, 0.2) is 0 Å². The molecule has 3 rings (SSSR count). The molecule has 0 aromatic carbocycles. The van der Waals surface area contributed by atoms with E-state index >= 15 is 0 Å². The Hall–Kier alpha value is -1.44. The van der Waals surface area contributed by atoms with Crippen molar-refractivity contribution < 1.29 is 9.59 Å². The van der Waals surface area contributed by atoms with Gasteiger partial charge in [-0.05, 0) is 25.0 Å². The third-order valence-electron chi connectivity index (χ3n) is 4.48. The highest BCUT2D eigenvalue weighted by molar-refractivity contribution is 7.15. The zero-order valence-electron chi connectivity index (χ0n) is 12.6. The molecular weight excluding hydrogens is 300 g/mol. The monoisotopic (exact) mass is 322 g/mol. The topological polar surface area (TPSA) is 78.7 Å². The molecule has 1 aromatic rings. The fourth-order valence-electron chi connectivity index (χ4n) is 3.22. The minimum atomic E-state index is -0.471. The van der Waals surface area contributed by atoms with Crippen molar-refractivity contribution >= 4 is 23.2 Å². The molecule has 0 radical (unpaired) electrons. The van der Waals surface area contributed by atoms with Crippen LogP contribution in [0.4, 0.5) is 0 Å². The number of thiophene rings is 1. The molecule has 2 aliphatic rings. The normalized spacial score (nSPS) is 21.0. The quantitative estimate of drug-likeness (QED) is 0.842. The standard InChI is InChI=1S/C15H22N4O2S/c16-14(20)12-1-2-13(22-12)15(21)19-7-3-11(4-8-19)18-9-5-17-6-10-18/h1-2,11,17H,3-10H2,(H2,16,20). The molecule has 0 atom stereocenters. The minimum absolute atomic E-state index is 0.0243. The van der Waals surface area contributed by atoms with Crippen LogP contribution in [-0.4, -0.2) is 66.9 Å². The molecule has 0 aliphatic carbocycles. The number of rotatable bonds is 3. The van der Waals surface area contributed by atoms with Crippen molar-refractivity contribution in [1.29, 1.82) is 0 Å². The second-order valence-corrected chi connectivity index (χ2v) is 6.92. The first-order valence-electron chi connectivity index (χ1n) is 7.79. The largest absolute Gasteiger partial charge is 0.365 e. The van der Waals surface area contributed by atoms with Gasteiger partial charge in [0.05, 0.1) is 9.75 Å². The smallest absolute Gasteiger partial charge is 0.263 e. The molecule has 3 heterocycles. The lowest BCUT2D eigenvalue weighted by atomic mass is 10.0. The Morgan fingerprint density at radius 1 is 1.09 bits per heavy atom. The number of nitrogens with zero attached hydrogens (tertiary/aromatic N) is 2. The third-order valence-corrected chi connectivity index (χ3v) is 5.57. The van der Waals surface area contributed by atoms with Crippen LogP contribution in [0.5, 0.6) is 0 Å². The Morgan fingerprint density at radius 3 is 2.32 bits per heavy atom. The molecule has 2 fully saturated rings. The molecule has 0 spiro atoms. The maximum absolute atomic E-state index is 12.5. The van der Waals surface area contributed by atoms with Gasteiger partial charge in [0.2, 0.25) is 0 Å². The maximum atomic E-state index is 12.5. The Morgan fingerprint density at radius 2 is 1.73 bits per heavy atom. The zero-order valence-corrected chi connectivity index (χ0v) is 13.4. The number of likely N-dealkylation sites (tertiary alicyclic amines) is 1. The van der Waals surface area contributed by atoms with Crippen molar-refractivity contribution in [3.05, 3.63) is 21.9 Å². The van der Waals surface area contributed by atoms with Gasteiger partial charge in [-0.3, -0.25) is 14.5 Å². The number of carbonyl (C=O) groups excluding carboxylic acids is 2. The summed E-state index contributed by atoms with van der Waals surface area (Å²) in [4.78, 5) is 29.1. The lowest BCUT2D eigenvalue weighted by Gasteiger charge is -2.40. The molecule has 7 heteroatoms. The number of piperazine rings is 1. The molecule has 1 aromatic heterocycles. The summed E-state index contributed by atoms with van der Waals surface area (Å²) in [6.07, 6.45) is 2.06. The first kappa shape index (κ1) is 15.5. The molecular formula is C15H22N4O2S. The lowest BCUT2D eigenvalue weighted by molar-refractivity contribution is 0.0605. The van der Waals surface area contributed by atoms with Crippen LogP contribution in [0.15, 0.2) is 12.1 Å². The van der Waals surface area contributed by atoms with Crippen LogP contribution in [-0.2, 0) is 0 Å². The molecule has 120 valence electrons. The van der Waals surface area contributed by atoms with Crippen LogP contribution in [0.1, 0.15) is 32.2 Å². The minimum Gasteiger partial charge on any atom is -0.365 e. The van der Waals surface area contributed by atoms with E-state index < -0.39 is 5.91 Å². The highest BCUT2D eigenvalue weighted by Gasteiger charge is 2.28. The van der Waals surface area contributed by atoms with Gasteiger partial charge >= 0.3 is 0 Å². The van der Waals surface area contributed by atoms with Crippen molar-refractivity contribution in [1.82, 2.24) is 15.1 Å². The molecule has 22 heavy (non-hydrogen) atoms. The fourth-order valence-corrected chi connectivity index (χ4v) is 4.05. The van der Waals surface area contributed by atoms with Gasteiger partial charge in [-0.15, -0.1) is 11.3 Å². The molecule has 3 N–H and O–H groups in total. The highest BCUT2D eigenvalue weighted by atomic mass is 32.1. The van der Waals surface area contributed by atoms with Gasteiger partial charge in [-0.25, -0.2) is 0 Å². The first-order valence-corrected chi connectivity index (χ1v) is 8.60. The van der Waals surface area contributed by atoms with Crippen LogP contribution in [0.3, 0.4) is 0 Å². The van der Waals surface area contributed by atoms with E-state index in [1.807, 2.05) is 4.90 Å². The number of hydrogen-bond donors (Lipinski definition) is 2. The zero-order chi connectivity index (χ0) is 15.5. The van der Waals surface area contributed by atoms with E-state index in [1.54, 1.807) is 12.1 Å². The second kappa shape index (κ2) is 6.76. The van der Waals surface area contributed by atoms with Crippen molar-refractivity contribution in [2.75, 3.05) is 39.3 Å². The third kappa shape index (κ3) is 3.31. The van der Waals surface area contributed by atoms with Gasteiger partial charge < -0.3 is 16.0 Å². The number of nitrogens with one attached hydrogen (secondary N) is 1. The van der Waals surface area contributed by atoms with E-state index in [4.69, 9.17) is 5.73 Å². The van der Waals surface area contributed by atoms with Crippen LogP contribution in [0, 0.1) is 0 Å². The van der Waals surface area contributed by atoms with E-state index in [0.717, 1.165) is 52.1 Å². The Balaban J connectivity index is 1.55. The molecule has 0 unspecified atom stereocenters. The van der Waals surface area contributed by atoms with E-state index in [2.05, 4.69) is 10.2 Å². The first-order chi connectivity index (χ1) is 10.6. The summed E-state index contributed by atoms with van der Waals surface area (Å²) in [6.45, 7) is 5.90. The maximum Gasteiger partial charge on any atom is 0.263 e. The van der Waals surface area contributed by atoms with Crippen LogP contribution >= 0.6 is 11.3 Å². The summed E-state index contributed by atoms with van der Waals surface area (Å²) in [5.41, 5.74) is 5.24. The van der Waals surface area contributed by atoms with Crippen LogP contribution in [0.25, 0.3) is 0 Å². The van der Waals surface area contributed by atoms with Gasteiger partial charge in [0, 0.05) is 45.3 Å². The summed E-state index contributed by atoms with van der Waals surface area (Å²) in [7, 11) is 0. The lowest BCUT2D eigenvalue weighted by Crippen LogP contribution is -2.52. The SMILES string of the molecule is NC(=O)c1ccc(C(=O)N2CCC(N3CCNCC3)CC2)s1. The molecule has 2 saturated heterocycles. The molecule has 0 bridgehead atoms. The molecule has 2 aliphatic heterocycles. The number of piperidine rings is 1. The van der Waals surface area contributed by atoms with Crippen LogP contribution < -0.4 is 11.1 Å². The van der Waals surface area contributed by atoms with Crippen LogP contribution in [0.2, 0.25) is 0 Å². The Kier molecular flexibility index (Phi) is 4.75. The average molecular weight is 322 g/mol. The van der Waals surface area contributed by atoms with E-state index in [9.17, 15) is 9.59 Å². The van der Waals surface area contributed by atoms with E-state index in [0.29, 0.717) is 15.8 Å². The van der Waals surface area contributed by atoms with Gasteiger partial charge in [-0.2, -0.15) is 0 Å². The number of hydrogen-bond acceptors (Lipinski definition) is 5. The van der Waals surface area contributed by atoms with Crippen molar-refractivity contribution in [2.45, 2.75) is 18.9 Å². The summed E-state index contributed by atoms with van der Waals surface area (Å²) in [5.74, 6) is -0.447. The van der Waals surface area contributed by atoms with Crippen molar-refractivity contribution in [3.63, 3.8) is 0 Å². The summed E-state index contributed by atoms with van der Waals surface area (Å²) in [5, 5.41) is 3.37. The van der Waals surface area contributed by atoms with Crippen molar-refractivity contribution in [2.24, 2.45) is 5.73 Å². The summed E-state index contributed by atoms with van der Waals surface area (Å²) >= 11 is 1.19. The Labute approximate surface area is 134 Å². The van der Waals surface area contributed by atoms with E-state index in [-0.39, 0.29) is 5.91 Å². The highest BCUT2D eigenvalue weighted by Crippen LogP contribution is 2.22. The van der Waals surface area contributed by atoms with Crippen molar-refractivity contribution in [3.8, 4) is 0 Å². The number of primary amides is 1. The number of amides is 2. The van der Waals surface area contributed by atoms with Gasteiger partial charge in [0.1, 0.15) is 0 Å². The van der Waals surface area contributed by atoms with Gasteiger partial charge in [0.25, 0.3) is 11.8 Å². The summed E-state index contributed by atoms with van der Waals surface area (Å²) in [6, 6.07) is 3.93. The predicted octanol–water partition coefficient (Wildman–Crippen LogP) is 0.357. The number of carbonyl (C=O) groups is 2. The number of nitrogens with two attached hydrogens (primary N) is 1. The summed E-state index contributed by atoms with van der Waals surface area (Å²) < 4.78 is 0. The van der Waals surface area contributed by atoms with E-state index in [1.165, 1.54) is 11.3 Å². The predicted molar refractivity (Wildman–Crippen MR) is 86.2 cm³/mol. The molecule has 0 saturated carbocycles.